The number of aromatic nitrogens is 1. The zero-order valence-electron chi connectivity index (χ0n) is 12.9. The van der Waals surface area contributed by atoms with Crippen LogP contribution in [-0.4, -0.2) is 18.1 Å². The monoisotopic (exact) mass is 358 g/mol. The summed E-state index contributed by atoms with van der Waals surface area (Å²) in [7, 11) is -3.75. The standard InChI is InChI=1S/C18H15ClN2O2S/c1-2-16(19)18(20)15-12-21(17-11-7-6-10-14(15)17)24(22,23)13-8-4-3-5-9-13/h2-12,20H,1H3/b16-2+,20-18?. The van der Waals surface area contributed by atoms with Gasteiger partial charge in [-0.1, -0.05) is 54.1 Å². The van der Waals surface area contributed by atoms with Gasteiger partial charge >= 0.3 is 0 Å². The summed E-state index contributed by atoms with van der Waals surface area (Å²) in [4.78, 5) is 0.195. The van der Waals surface area contributed by atoms with Crippen molar-refractivity contribution in [3.8, 4) is 0 Å². The Hall–Kier alpha value is -2.37. The minimum absolute atomic E-state index is 0.0948. The van der Waals surface area contributed by atoms with Gasteiger partial charge in [0.25, 0.3) is 10.0 Å². The summed E-state index contributed by atoms with van der Waals surface area (Å²) >= 11 is 6.07. The van der Waals surface area contributed by atoms with Crippen molar-refractivity contribution in [2.75, 3.05) is 0 Å². The predicted octanol–water partition coefficient (Wildman–Crippen LogP) is 4.39. The van der Waals surface area contributed by atoms with Crippen molar-refractivity contribution in [1.82, 2.24) is 3.97 Å². The topological polar surface area (TPSA) is 62.9 Å². The Bertz CT molecular complexity index is 1050. The normalized spacial score (nSPS) is 12.5. The Morgan fingerprint density at radius 2 is 1.71 bits per heavy atom. The number of halogens is 1. The Balaban J connectivity index is 2.30. The smallest absolute Gasteiger partial charge is 0.268 e. The molecule has 0 aliphatic rings. The zero-order chi connectivity index (χ0) is 17.3. The lowest BCUT2D eigenvalue weighted by Gasteiger charge is -2.07. The molecule has 122 valence electrons. The molecular formula is C18H15ClN2O2S. The van der Waals surface area contributed by atoms with Crippen LogP contribution in [0.3, 0.4) is 0 Å². The highest BCUT2D eigenvalue weighted by molar-refractivity contribution is 7.90. The molecule has 6 heteroatoms. The highest BCUT2D eigenvalue weighted by atomic mass is 35.5. The van der Waals surface area contributed by atoms with Gasteiger partial charge in [-0.3, -0.25) is 5.41 Å². The van der Waals surface area contributed by atoms with Gasteiger partial charge in [-0.2, -0.15) is 0 Å². The van der Waals surface area contributed by atoms with E-state index in [1.807, 2.05) is 6.07 Å². The van der Waals surface area contributed by atoms with Gasteiger partial charge in [0, 0.05) is 17.1 Å². The maximum atomic E-state index is 13.0. The molecule has 3 rings (SSSR count). The minimum Gasteiger partial charge on any atom is -0.299 e. The van der Waals surface area contributed by atoms with Gasteiger partial charge in [0.15, 0.2) is 0 Å². The molecule has 4 nitrogen and oxygen atoms in total. The molecular weight excluding hydrogens is 344 g/mol. The third-order valence-electron chi connectivity index (χ3n) is 3.74. The number of benzene rings is 2. The van der Waals surface area contributed by atoms with E-state index < -0.39 is 10.0 Å². The van der Waals surface area contributed by atoms with E-state index in [2.05, 4.69) is 0 Å². The second-order valence-electron chi connectivity index (χ2n) is 5.19. The Kier molecular flexibility index (Phi) is 4.30. The number of nitrogens with zero attached hydrogens (tertiary/aromatic N) is 1. The van der Waals surface area contributed by atoms with Gasteiger partial charge in [-0.25, -0.2) is 12.4 Å². The van der Waals surface area contributed by atoms with E-state index in [4.69, 9.17) is 17.0 Å². The first-order chi connectivity index (χ1) is 11.5. The first-order valence-electron chi connectivity index (χ1n) is 7.28. The molecule has 0 unspecified atom stereocenters. The number of hydrogen-bond donors (Lipinski definition) is 1. The summed E-state index contributed by atoms with van der Waals surface area (Å²) < 4.78 is 27.1. The highest BCUT2D eigenvalue weighted by Gasteiger charge is 2.22. The lowest BCUT2D eigenvalue weighted by molar-refractivity contribution is 0.589. The first-order valence-corrected chi connectivity index (χ1v) is 9.10. The summed E-state index contributed by atoms with van der Waals surface area (Å²) in [5.74, 6) is 0. The zero-order valence-corrected chi connectivity index (χ0v) is 14.5. The van der Waals surface area contributed by atoms with Crippen LogP contribution < -0.4 is 0 Å². The fraction of sp³-hybridized carbons (Fsp3) is 0.0556. The average molecular weight is 359 g/mol. The van der Waals surface area contributed by atoms with E-state index in [1.54, 1.807) is 61.5 Å². The molecule has 0 amide bonds. The van der Waals surface area contributed by atoms with E-state index in [-0.39, 0.29) is 15.6 Å². The molecule has 3 aromatic rings. The second-order valence-corrected chi connectivity index (χ2v) is 7.41. The number of hydrogen-bond acceptors (Lipinski definition) is 3. The van der Waals surface area contributed by atoms with Crippen LogP contribution >= 0.6 is 11.6 Å². The van der Waals surface area contributed by atoms with Crippen LogP contribution in [0.1, 0.15) is 12.5 Å². The van der Waals surface area contributed by atoms with Crippen molar-refractivity contribution >= 4 is 38.2 Å². The highest BCUT2D eigenvalue weighted by Crippen LogP contribution is 2.28. The molecule has 0 bridgehead atoms. The van der Waals surface area contributed by atoms with Crippen LogP contribution in [0, 0.1) is 5.41 Å². The van der Waals surface area contributed by atoms with Crippen molar-refractivity contribution in [1.29, 1.82) is 5.41 Å². The molecule has 0 atom stereocenters. The lowest BCUT2D eigenvalue weighted by Crippen LogP contribution is -2.11. The molecule has 0 saturated heterocycles. The maximum Gasteiger partial charge on any atom is 0.268 e. The van der Waals surface area contributed by atoms with E-state index in [1.165, 1.54) is 10.2 Å². The fourth-order valence-electron chi connectivity index (χ4n) is 2.53. The van der Waals surface area contributed by atoms with Gasteiger partial charge < -0.3 is 0 Å². The number of nitrogens with one attached hydrogen (secondary N) is 1. The first kappa shape index (κ1) is 16.5. The van der Waals surface area contributed by atoms with E-state index in [0.29, 0.717) is 16.5 Å². The van der Waals surface area contributed by atoms with Crippen molar-refractivity contribution in [2.24, 2.45) is 0 Å². The Morgan fingerprint density at radius 3 is 2.38 bits per heavy atom. The van der Waals surface area contributed by atoms with Gasteiger partial charge in [-0.15, -0.1) is 0 Å². The SMILES string of the molecule is C/C=C(/Cl)C(=N)c1cn(S(=O)(=O)c2ccccc2)c2ccccc12. The third kappa shape index (κ3) is 2.66. The number of para-hydroxylation sites is 1. The van der Waals surface area contributed by atoms with Crippen LogP contribution in [0.2, 0.25) is 0 Å². The van der Waals surface area contributed by atoms with Crippen LogP contribution in [0.15, 0.2) is 76.8 Å². The summed E-state index contributed by atoms with van der Waals surface area (Å²) in [6.45, 7) is 1.73. The average Bonchev–Trinajstić information content (AvgIpc) is 3.01. The number of allylic oxidation sites excluding steroid dienone is 2. The largest absolute Gasteiger partial charge is 0.299 e. The molecule has 2 aromatic carbocycles. The molecule has 1 N–H and O–H groups in total. The van der Waals surface area contributed by atoms with Crippen LogP contribution in [0.25, 0.3) is 10.9 Å². The molecule has 1 heterocycles. The minimum atomic E-state index is -3.75. The van der Waals surface area contributed by atoms with E-state index in [9.17, 15) is 8.42 Å². The van der Waals surface area contributed by atoms with Gasteiger partial charge in [-0.05, 0) is 25.1 Å². The van der Waals surface area contributed by atoms with Crippen LogP contribution in [-0.2, 0) is 10.0 Å². The van der Waals surface area contributed by atoms with Crippen LogP contribution in [0.5, 0.6) is 0 Å². The van der Waals surface area contributed by atoms with Crippen molar-refractivity contribution in [3.05, 3.63) is 77.5 Å². The third-order valence-corrected chi connectivity index (χ3v) is 5.83. The van der Waals surface area contributed by atoms with Crippen LogP contribution in [0.4, 0.5) is 0 Å². The van der Waals surface area contributed by atoms with Crippen molar-refractivity contribution in [3.63, 3.8) is 0 Å². The van der Waals surface area contributed by atoms with Crippen molar-refractivity contribution in [2.45, 2.75) is 11.8 Å². The molecule has 1 aromatic heterocycles. The van der Waals surface area contributed by atoms with E-state index in [0.717, 1.165) is 0 Å². The molecule has 0 aliphatic carbocycles. The van der Waals surface area contributed by atoms with Gasteiger partial charge in [0.1, 0.15) is 0 Å². The van der Waals surface area contributed by atoms with E-state index >= 15 is 0 Å². The quantitative estimate of drug-likeness (QED) is 0.703. The molecule has 24 heavy (non-hydrogen) atoms. The second kappa shape index (κ2) is 6.26. The Morgan fingerprint density at radius 1 is 1.08 bits per heavy atom. The summed E-state index contributed by atoms with van der Waals surface area (Å²) in [6, 6.07) is 15.3. The molecule has 0 radical (unpaired) electrons. The van der Waals surface area contributed by atoms with Gasteiger partial charge in [0.2, 0.25) is 0 Å². The lowest BCUT2D eigenvalue weighted by atomic mass is 10.1. The number of fused-ring (bicyclic) bond motifs is 1. The molecule has 0 aliphatic heterocycles. The Labute approximate surface area is 145 Å². The predicted molar refractivity (Wildman–Crippen MR) is 97.4 cm³/mol. The molecule has 0 fully saturated rings. The summed E-state index contributed by atoms with van der Waals surface area (Å²) in [5, 5.41) is 9.17. The van der Waals surface area contributed by atoms with Gasteiger partial charge in [0.05, 0.1) is 21.2 Å². The fourth-order valence-corrected chi connectivity index (χ4v) is 4.02. The summed E-state index contributed by atoms with van der Waals surface area (Å²) in [6.07, 6.45) is 3.07. The maximum absolute atomic E-state index is 13.0. The molecule has 0 saturated carbocycles. The van der Waals surface area contributed by atoms with Crippen molar-refractivity contribution < 1.29 is 8.42 Å². The number of rotatable bonds is 4. The molecule has 0 spiro atoms. The summed E-state index contributed by atoms with van der Waals surface area (Å²) in [5.41, 5.74) is 1.09.